The zero-order chi connectivity index (χ0) is 30.1. The van der Waals surface area contributed by atoms with Gasteiger partial charge in [0.15, 0.2) is 0 Å². The van der Waals surface area contributed by atoms with Crippen molar-refractivity contribution in [3.05, 3.63) is 63.4 Å². The molecule has 1 saturated heterocycles. The Hall–Kier alpha value is -4.29. The summed E-state index contributed by atoms with van der Waals surface area (Å²) in [4.78, 5) is 52.9. The molecule has 0 radical (unpaired) electrons. The van der Waals surface area contributed by atoms with E-state index in [0.717, 1.165) is 0 Å². The van der Waals surface area contributed by atoms with Gasteiger partial charge in [0.2, 0.25) is 5.91 Å². The van der Waals surface area contributed by atoms with Crippen molar-refractivity contribution in [3.8, 4) is 0 Å². The summed E-state index contributed by atoms with van der Waals surface area (Å²) in [5, 5.41) is 9.13. The Morgan fingerprint density at radius 3 is 2.67 bits per heavy atom. The normalized spacial score (nSPS) is 19.0. The average molecular weight is 596 g/mol. The molecule has 3 aromatic rings. The second-order valence-corrected chi connectivity index (χ2v) is 10.8. The number of hydrogen-bond acceptors (Lipinski definition) is 8. The molecule has 42 heavy (non-hydrogen) atoms. The number of amides is 2. The summed E-state index contributed by atoms with van der Waals surface area (Å²) >= 11 is 5.94. The Labute approximate surface area is 246 Å². The van der Waals surface area contributed by atoms with Crippen LogP contribution < -0.4 is 16.0 Å². The molecule has 0 aliphatic carbocycles. The molecule has 2 aliphatic rings. The molecule has 2 aliphatic heterocycles. The second-order valence-electron chi connectivity index (χ2n) is 10.4. The first kappa shape index (κ1) is 29.2. The minimum absolute atomic E-state index is 0.0401. The number of anilines is 3. The lowest BCUT2D eigenvalue weighted by atomic mass is 10.0. The SMILES string of the molecule is CCOC(=O)c1c(CC(=O)N2C[C@@H](C)N[C@@H](C)C2)[nH]c(/C=C2\C(=O)Nc3ncnc(Nc4ccc(F)c(Cl)c4)c32)c1C. The van der Waals surface area contributed by atoms with Crippen molar-refractivity contribution in [1.82, 2.24) is 25.2 Å². The largest absolute Gasteiger partial charge is 0.462 e. The summed E-state index contributed by atoms with van der Waals surface area (Å²) in [5.74, 6) is -1.11. The summed E-state index contributed by atoms with van der Waals surface area (Å²) < 4.78 is 19.0. The van der Waals surface area contributed by atoms with Crippen molar-refractivity contribution >= 4 is 58.4 Å². The van der Waals surface area contributed by atoms with Crippen LogP contribution in [-0.4, -0.2) is 69.4 Å². The van der Waals surface area contributed by atoms with Gasteiger partial charge in [-0.3, -0.25) is 9.59 Å². The van der Waals surface area contributed by atoms with Gasteiger partial charge in [0, 0.05) is 42.2 Å². The third-order valence-corrected chi connectivity index (χ3v) is 7.44. The fraction of sp³-hybridized carbons (Fsp3) is 0.345. The van der Waals surface area contributed by atoms with Gasteiger partial charge in [0.05, 0.1) is 34.8 Å². The van der Waals surface area contributed by atoms with Gasteiger partial charge in [-0.2, -0.15) is 0 Å². The molecule has 1 aromatic carbocycles. The minimum atomic E-state index is -0.567. The number of esters is 1. The number of nitrogens with one attached hydrogen (secondary N) is 4. The lowest BCUT2D eigenvalue weighted by Crippen LogP contribution is -2.56. The highest BCUT2D eigenvalue weighted by atomic mass is 35.5. The number of aromatic nitrogens is 3. The Kier molecular flexibility index (Phi) is 8.28. The molecular formula is C29H31ClFN7O4. The zero-order valence-corrected chi connectivity index (χ0v) is 24.4. The van der Waals surface area contributed by atoms with E-state index in [0.29, 0.717) is 47.1 Å². The van der Waals surface area contributed by atoms with Crippen LogP contribution in [0.5, 0.6) is 0 Å². The van der Waals surface area contributed by atoms with E-state index in [9.17, 15) is 18.8 Å². The monoisotopic (exact) mass is 595 g/mol. The summed E-state index contributed by atoms with van der Waals surface area (Å²) in [6, 6.07) is 4.40. The van der Waals surface area contributed by atoms with E-state index in [4.69, 9.17) is 16.3 Å². The molecule has 11 nitrogen and oxygen atoms in total. The molecule has 4 N–H and O–H groups in total. The van der Waals surface area contributed by atoms with E-state index in [1.54, 1.807) is 24.8 Å². The summed E-state index contributed by atoms with van der Waals surface area (Å²) in [6.45, 7) is 8.75. The third-order valence-electron chi connectivity index (χ3n) is 7.15. The number of hydrogen-bond donors (Lipinski definition) is 4. The van der Waals surface area contributed by atoms with Crippen molar-refractivity contribution in [2.24, 2.45) is 0 Å². The summed E-state index contributed by atoms with van der Waals surface area (Å²) in [7, 11) is 0. The molecule has 4 heterocycles. The average Bonchev–Trinajstić information content (AvgIpc) is 3.41. The van der Waals surface area contributed by atoms with Gasteiger partial charge in [0.1, 0.15) is 23.8 Å². The molecule has 5 rings (SSSR count). The minimum Gasteiger partial charge on any atom is -0.462 e. The molecule has 0 saturated carbocycles. The van der Waals surface area contributed by atoms with Crippen molar-refractivity contribution in [3.63, 3.8) is 0 Å². The molecule has 0 unspecified atom stereocenters. The van der Waals surface area contributed by atoms with E-state index in [-0.39, 0.29) is 53.0 Å². The Balaban J connectivity index is 1.52. The van der Waals surface area contributed by atoms with E-state index in [2.05, 4.69) is 30.9 Å². The lowest BCUT2D eigenvalue weighted by Gasteiger charge is -2.36. The zero-order valence-electron chi connectivity index (χ0n) is 23.6. The van der Waals surface area contributed by atoms with E-state index in [1.165, 1.54) is 24.5 Å². The number of fused-ring (bicyclic) bond motifs is 1. The van der Waals surface area contributed by atoms with E-state index < -0.39 is 17.7 Å². The van der Waals surface area contributed by atoms with E-state index >= 15 is 0 Å². The van der Waals surface area contributed by atoms with Crippen LogP contribution >= 0.6 is 11.6 Å². The van der Waals surface area contributed by atoms with Crippen molar-refractivity contribution < 1.29 is 23.5 Å². The van der Waals surface area contributed by atoms with Crippen molar-refractivity contribution in [1.29, 1.82) is 0 Å². The molecule has 13 heteroatoms. The fourth-order valence-corrected chi connectivity index (χ4v) is 5.52. The Bertz CT molecular complexity index is 1590. The maximum Gasteiger partial charge on any atom is 0.340 e. The predicted molar refractivity (Wildman–Crippen MR) is 157 cm³/mol. The number of halogens is 2. The molecule has 220 valence electrons. The number of H-pyrrole nitrogens is 1. The number of carbonyl (C=O) groups excluding carboxylic acids is 3. The maximum absolute atomic E-state index is 13.7. The van der Waals surface area contributed by atoms with Gasteiger partial charge >= 0.3 is 5.97 Å². The van der Waals surface area contributed by atoms with Crippen LogP contribution in [0.1, 0.15) is 53.6 Å². The van der Waals surface area contributed by atoms with Crippen molar-refractivity contribution in [2.45, 2.75) is 46.2 Å². The number of aromatic amines is 1. The van der Waals surface area contributed by atoms with Gasteiger partial charge in [0.25, 0.3) is 5.91 Å². The van der Waals surface area contributed by atoms with Crippen LogP contribution in [0.25, 0.3) is 11.6 Å². The van der Waals surface area contributed by atoms with Gasteiger partial charge < -0.3 is 30.6 Å². The highest BCUT2D eigenvalue weighted by Crippen LogP contribution is 2.38. The molecule has 0 bridgehead atoms. The predicted octanol–water partition coefficient (Wildman–Crippen LogP) is 4.07. The lowest BCUT2D eigenvalue weighted by molar-refractivity contribution is -0.132. The van der Waals surface area contributed by atoms with Crippen LogP contribution in [0.15, 0.2) is 24.5 Å². The van der Waals surface area contributed by atoms with Gasteiger partial charge in [-0.1, -0.05) is 11.6 Å². The number of carbonyl (C=O) groups is 3. The summed E-state index contributed by atoms with van der Waals surface area (Å²) in [5.41, 5.74) is 2.72. The Morgan fingerprint density at radius 1 is 1.24 bits per heavy atom. The first-order chi connectivity index (χ1) is 20.0. The first-order valence-electron chi connectivity index (χ1n) is 13.6. The van der Waals surface area contributed by atoms with Gasteiger partial charge in [-0.25, -0.2) is 19.2 Å². The van der Waals surface area contributed by atoms with Crippen LogP contribution in [0.4, 0.5) is 21.7 Å². The van der Waals surface area contributed by atoms with Gasteiger partial charge in [-0.05, 0) is 57.5 Å². The topological polar surface area (TPSA) is 141 Å². The number of benzene rings is 1. The van der Waals surface area contributed by atoms with Crippen LogP contribution in [-0.2, 0) is 20.7 Å². The standard InChI is InChI=1S/C29H31ClFN7O4/c1-5-42-29(41)24-16(4)21(36-22(24)10-23(39)38-11-14(2)34-15(3)12-38)9-18-25-26(32-13-33-27(25)37-28(18)40)35-17-6-7-20(31)19(30)8-17/h6-9,13-15,34,36H,5,10-12H2,1-4H3,(H2,32,33,35,37,40)/b18-9-/t14-,15+. The number of nitrogens with zero attached hydrogens (tertiary/aromatic N) is 3. The van der Waals surface area contributed by atoms with Crippen LogP contribution in [0, 0.1) is 12.7 Å². The molecule has 2 aromatic heterocycles. The quantitative estimate of drug-likeness (QED) is 0.237. The molecule has 1 fully saturated rings. The number of ether oxygens (including phenoxy) is 1. The molecule has 2 atom stereocenters. The molecular weight excluding hydrogens is 565 g/mol. The van der Waals surface area contributed by atoms with Crippen molar-refractivity contribution in [2.75, 3.05) is 30.3 Å². The first-order valence-corrected chi connectivity index (χ1v) is 14.0. The van der Waals surface area contributed by atoms with Gasteiger partial charge in [-0.15, -0.1) is 0 Å². The highest BCUT2D eigenvalue weighted by molar-refractivity contribution is 6.35. The third kappa shape index (κ3) is 5.86. The smallest absolute Gasteiger partial charge is 0.340 e. The molecule has 0 spiro atoms. The maximum atomic E-state index is 13.7. The van der Waals surface area contributed by atoms with Crippen LogP contribution in [0.2, 0.25) is 5.02 Å². The molecule has 2 amide bonds. The van der Waals surface area contributed by atoms with E-state index in [1.807, 2.05) is 13.8 Å². The highest BCUT2D eigenvalue weighted by Gasteiger charge is 2.32. The Morgan fingerprint density at radius 2 is 1.98 bits per heavy atom. The second kappa shape index (κ2) is 11.9. The fourth-order valence-electron chi connectivity index (χ4n) is 5.34. The summed E-state index contributed by atoms with van der Waals surface area (Å²) in [6.07, 6.45) is 2.84. The number of rotatable bonds is 7. The number of piperazine rings is 1. The van der Waals surface area contributed by atoms with Crippen LogP contribution in [0.3, 0.4) is 0 Å².